The van der Waals surface area contributed by atoms with Gasteiger partial charge in [-0.15, -0.1) is 0 Å². The summed E-state index contributed by atoms with van der Waals surface area (Å²) >= 11 is 3.36. The lowest BCUT2D eigenvalue weighted by Gasteiger charge is -2.11. The van der Waals surface area contributed by atoms with Crippen molar-refractivity contribution in [3.8, 4) is 11.5 Å². The molecule has 0 radical (unpaired) electrons. The summed E-state index contributed by atoms with van der Waals surface area (Å²) in [5, 5.41) is 6.98. The minimum atomic E-state index is -0.257. The monoisotopic (exact) mass is 453 g/mol. The Balaban J connectivity index is 1.56. The average molecular weight is 454 g/mol. The maximum absolute atomic E-state index is 12.1. The summed E-state index contributed by atoms with van der Waals surface area (Å²) in [6.07, 6.45) is 1.68. The summed E-state index contributed by atoms with van der Waals surface area (Å²) < 4.78 is 11.9. The number of amides is 1. The van der Waals surface area contributed by atoms with Gasteiger partial charge in [0.25, 0.3) is 5.91 Å². The Morgan fingerprint density at radius 1 is 1.00 bits per heavy atom. The number of nitrogens with zero attached hydrogens (tertiary/aromatic N) is 1. The van der Waals surface area contributed by atoms with Crippen molar-refractivity contribution in [1.29, 1.82) is 0 Å². The number of hydrogen-bond donors (Lipinski definition) is 2. The number of para-hydroxylation sites is 1. The average Bonchev–Trinajstić information content (AvgIpc) is 2.75. The first-order chi connectivity index (χ1) is 14.1. The van der Waals surface area contributed by atoms with E-state index in [4.69, 9.17) is 9.47 Å². The van der Waals surface area contributed by atoms with Gasteiger partial charge in [0.2, 0.25) is 0 Å². The first-order valence-electron chi connectivity index (χ1n) is 8.84. The molecule has 148 valence electrons. The standard InChI is InChI=1S/C22H20BrN3O3/c1-28-21-13-16(14-24-26-19-5-3-2-4-6-19)7-12-20(21)29-15-22(27)25-18-10-8-17(23)9-11-18/h2-14,26H,15H2,1H3,(H,25,27). The molecule has 0 aliphatic heterocycles. The normalized spacial score (nSPS) is 10.6. The van der Waals surface area contributed by atoms with Crippen molar-refractivity contribution in [2.45, 2.75) is 0 Å². The molecular weight excluding hydrogens is 434 g/mol. The lowest BCUT2D eigenvalue weighted by atomic mass is 10.2. The number of carbonyl (C=O) groups excluding carboxylic acids is 1. The van der Waals surface area contributed by atoms with Gasteiger partial charge in [-0.2, -0.15) is 5.10 Å². The summed E-state index contributed by atoms with van der Waals surface area (Å²) in [5.74, 6) is 0.740. The first kappa shape index (κ1) is 20.4. The summed E-state index contributed by atoms with van der Waals surface area (Å²) in [5.41, 5.74) is 5.38. The Bertz CT molecular complexity index is 976. The predicted molar refractivity (Wildman–Crippen MR) is 119 cm³/mol. The van der Waals surface area contributed by atoms with E-state index >= 15 is 0 Å². The van der Waals surface area contributed by atoms with Gasteiger partial charge in [-0.1, -0.05) is 34.1 Å². The van der Waals surface area contributed by atoms with Crippen LogP contribution in [0.15, 0.2) is 82.4 Å². The van der Waals surface area contributed by atoms with Crippen LogP contribution in [0.4, 0.5) is 11.4 Å². The van der Waals surface area contributed by atoms with Crippen LogP contribution in [0.2, 0.25) is 0 Å². The number of methoxy groups -OCH3 is 1. The van der Waals surface area contributed by atoms with Gasteiger partial charge in [-0.05, 0) is 60.2 Å². The van der Waals surface area contributed by atoms with E-state index in [0.29, 0.717) is 17.2 Å². The van der Waals surface area contributed by atoms with Crippen LogP contribution in [0.1, 0.15) is 5.56 Å². The van der Waals surface area contributed by atoms with Crippen molar-refractivity contribution < 1.29 is 14.3 Å². The molecule has 0 atom stereocenters. The van der Waals surface area contributed by atoms with Crippen LogP contribution in [0.3, 0.4) is 0 Å². The minimum absolute atomic E-state index is 0.130. The number of nitrogens with one attached hydrogen (secondary N) is 2. The minimum Gasteiger partial charge on any atom is -0.493 e. The van der Waals surface area contributed by atoms with Crippen molar-refractivity contribution in [2.75, 3.05) is 24.5 Å². The number of ether oxygens (including phenoxy) is 2. The van der Waals surface area contributed by atoms with Gasteiger partial charge in [0.1, 0.15) is 0 Å². The van der Waals surface area contributed by atoms with Gasteiger partial charge in [0.15, 0.2) is 18.1 Å². The second-order valence-corrected chi connectivity index (χ2v) is 6.91. The van der Waals surface area contributed by atoms with Crippen LogP contribution in [0, 0.1) is 0 Å². The van der Waals surface area contributed by atoms with Crippen molar-refractivity contribution in [3.05, 3.63) is 82.8 Å². The molecule has 6 nitrogen and oxygen atoms in total. The molecule has 0 spiro atoms. The summed E-state index contributed by atoms with van der Waals surface area (Å²) in [7, 11) is 1.55. The van der Waals surface area contributed by atoms with E-state index in [0.717, 1.165) is 15.7 Å². The second-order valence-electron chi connectivity index (χ2n) is 5.99. The van der Waals surface area contributed by atoms with E-state index in [2.05, 4.69) is 31.8 Å². The quantitative estimate of drug-likeness (QED) is 0.375. The molecule has 1 amide bonds. The topological polar surface area (TPSA) is 71.9 Å². The highest BCUT2D eigenvalue weighted by atomic mass is 79.9. The van der Waals surface area contributed by atoms with E-state index in [-0.39, 0.29) is 12.5 Å². The van der Waals surface area contributed by atoms with Crippen molar-refractivity contribution in [2.24, 2.45) is 5.10 Å². The Morgan fingerprint density at radius 3 is 2.48 bits per heavy atom. The number of carbonyl (C=O) groups is 1. The van der Waals surface area contributed by atoms with Gasteiger partial charge < -0.3 is 14.8 Å². The molecule has 7 heteroatoms. The number of benzene rings is 3. The third-order valence-corrected chi connectivity index (χ3v) is 4.38. The lowest BCUT2D eigenvalue weighted by Crippen LogP contribution is -2.20. The molecule has 0 bridgehead atoms. The zero-order valence-corrected chi connectivity index (χ0v) is 17.3. The number of halogens is 1. The Morgan fingerprint density at radius 2 is 1.76 bits per heavy atom. The molecule has 29 heavy (non-hydrogen) atoms. The maximum atomic E-state index is 12.1. The smallest absolute Gasteiger partial charge is 0.262 e. The zero-order valence-electron chi connectivity index (χ0n) is 15.8. The van der Waals surface area contributed by atoms with Gasteiger partial charge in [-0.3, -0.25) is 10.2 Å². The highest BCUT2D eigenvalue weighted by Crippen LogP contribution is 2.27. The van der Waals surface area contributed by atoms with Crippen molar-refractivity contribution >= 4 is 39.4 Å². The van der Waals surface area contributed by atoms with Gasteiger partial charge >= 0.3 is 0 Å². The molecule has 0 aliphatic carbocycles. The number of hydrazone groups is 1. The Labute approximate surface area is 177 Å². The summed E-state index contributed by atoms with van der Waals surface area (Å²) in [6.45, 7) is -0.130. The van der Waals surface area contributed by atoms with Gasteiger partial charge in [0.05, 0.1) is 19.0 Å². The fraction of sp³-hybridized carbons (Fsp3) is 0.0909. The van der Waals surface area contributed by atoms with Crippen LogP contribution in [-0.2, 0) is 4.79 Å². The molecular formula is C22H20BrN3O3. The van der Waals surface area contributed by atoms with E-state index in [1.54, 1.807) is 37.6 Å². The zero-order chi connectivity index (χ0) is 20.5. The summed E-state index contributed by atoms with van der Waals surface area (Å²) in [6, 6.07) is 22.3. The molecule has 0 fully saturated rings. The van der Waals surface area contributed by atoms with E-state index in [1.165, 1.54) is 0 Å². The van der Waals surface area contributed by atoms with Crippen LogP contribution in [0.5, 0.6) is 11.5 Å². The highest BCUT2D eigenvalue weighted by Gasteiger charge is 2.09. The SMILES string of the molecule is COc1cc(C=NNc2ccccc2)ccc1OCC(=O)Nc1ccc(Br)cc1. The molecule has 2 N–H and O–H groups in total. The van der Waals surface area contributed by atoms with Gasteiger partial charge in [0, 0.05) is 10.2 Å². The van der Waals surface area contributed by atoms with E-state index < -0.39 is 0 Å². The molecule has 0 aliphatic rings. The third kappa shape index (κ3) is 6.36. The second kappa shape index (κ2) is 10.3. The fourth-order valence-electron chi connectivity index (χ4n) is 2.45. The molecule has 0 saturated heterocycles. The molecule has 0 aromatic heterocycles. The van der Waals surface area contributed by atoms with Crippen molar-refractivity contribution in [1.82, 2.24) is 0 Å². The number of anilines is 2. The molecule has 3 aromatic rings. The third-order valence-electron chi connectivity index (χ3n) is 3.86. The van der Waals surface area contributed by atoms with E-state index in [1.807, 2.05) is 48.5 Å². The van der Waals surface area contributed by atoms with E-state index in [9.17, 15) is 4.79 Å². The first-order valence-corrected chi connectivity index (χ1v) is 9.64. The molecule has 3 rings (SSSR count). The van der Waals surface area contributed by atoms with Crippen LogP contribution in [0.25, 0.3) is 0 Å². The lowest BCUT2D eigenvalue weighted by molar-refractivity contribution is -0.118. The van der Waals surface area contributed by atoms with Crippen molar-refractivity contribution in [3.63, 3.8) is 0 Å². The Kier molecular flexibility index (Phi) is 7.24. The maximum Gasteiger partial charge on any atom is 0.262 e. The Hall–Kier alpha value is -3.32. The number of hydrogen-bond acceptors (Lipinski definition) is 5. The predicted octanol–water partition coefficient (Wildman–Crippen LogP) is 4.92. The molecule has 0 saturated carbocycles. The summed E-state index contributed by atoms with van der Waals surface area (Å²) in [4.78, 5) is 12.1. The molecule has 3 aromatic carbocycles. The van der Waals surface area contributed by atoms with Crippen LogP contribution < -0.4 is 20.2 Å². The van der Waals surface area contributed by atoms with Crippen LogP contribution in [-0.4, -0.2) is 25.8 Å². The highest BCUT2D eigenvalue weighted by molar-refractivity contribution is 9.10. The number of rotatable bonds is 8. The molecule has 0 unspecified atom stereocenters. The fourth-order valence-corrected chi connectivity index (χ4v) is 2.72. The van der Waals surface area contributed by atoms with Crippen LogP contribution >= 0.6 is 15.9 Å². The molecule has 0 heterocycles. The van der Waals surface area contributed by atoms with Gasteiger partial charge in [-0.25, -0.2) is 0 Å². The largest absolute Gasteiger partial charge is 0.493 e.